The van der Waals surface area contributed by atoms with E-state index in [0.717, 1.165) is 27.9 Å². The van der Waals surface area contributed by atoms with Gasteiger partial charge in [-0.1, -0.05) is 23.4 Å². The van der Waals surface area contributed by atoms with Crippen LogP contribution >= 0.6 is 35.0 Å². The first-order chi connectivity index (χ1) is 8.54. The molecule has 0 aliphatic carbocycles. The van der Waals surface area contributed by atoms with Gasteiger partial charge in [0.2, 0.25) is 0 Å². The van der Waals surface area contributed by atoms with E-state index in [0.29, 0.717) is 11.0 Å². The lowest BCUT2D eigenvalue weighted by atomic mass is 10.3. The number of imidazole rings is 1. The predicted octanol–water partition coefficient (Wildman–Crippen LogP) is 3.15. The highest BCUT2D eigenvalue weighted by molar-refractivity contribution is 7.98. The molecule has 2 heterocycles. The van der Waals surface area contributed by atoms with E-state index in [4.69, 9.17) is 23.2 Å². The van der Waals surface area contributed by atoms with Gasteiger partial charge in [-0.3, -0.25) is 4.68 Å². The Labute approximate surface area is 120 Å². The number of hydrogen-bond donors (Lipinski definition) is 0. The molecular weight excluding hydrogens is 291 g/mol. The highest BCUT2D eigenvalue weighted by Crippen LogP contribution is 2.28. The van der Waals surface area contributed by atoms with Gasteiger partial charge in [0.1, 0.15) is 5.15 Å². The van der Waals surface area contributed by atoms with Crippen LogP contribution in [0.5, 0.6) is 0 Å². The smallest absolute Gasteiger partial charge is 0.168 e. The van der Waals surface area contributed by atoms with E-state index in [9.17, 15) is 0 Å². The summed E-state index contributed by atoms with van der Waals surface area (Å²) in [5.41, 5.74) is 3.02. The average Bonchev–Trinajstić information content (AvgIpc) is 2.80. The van der Waals surface area contributed by atoms with E-state index < -0.39 is 0 Å². The summed E-state index contributed by atoms with van der Waals surface area (Å²) >= 11 is 13.6. The van der Waals surface area contributed by atoms with Crippen LogP contribution in [0.3, 0.4) is 0 Å². The summed E-state index contributed by atoms with van der Waals surface area (Å²) in [5, 5.41) is 5.91. The molecule has 0 aliphatic heterocycles. The van der Waals surface area contributed by atoms with E-state index in [1.165, 1.54) is 0 Å². The van der Waals surface area contributed by atoms with Crippen molar-refractivity contribution in [2.45, 2.75) is 23.7 Å². The Balaban J connectivity index is 2.14. The largest absolute Gasteiger partial charge is 0.325 e. The van der Waals surface area contributed by atoms with Crippen LogP contribution in [0.4, 0.5) is 0 Å². The molecule has 2 aromatic heterocycles. The zero-order chi connectivity index (χ0) is 13.3. The van der Waals surface area contributed by atoms with Crippen molar-refractivity contribution >= 4 is 35.0 Å². The van der Waals surface area contributed by atoms with Crippen molar-refractivity contribution in [3.63, 3.8) is 0 Å². The van der Waals surface area contributed by atoms with Crippen LogP contribution in [0.2, 0.25) is 5.15 Å². The lowest BCUT2D eigenvalue weighted by molar-refractivity contribution is 0.757. The lowest BCUT2D eigenvalue weighted by Crippen LogP contribution is -1.96. The van der Waals surface area contributed by atoms with Gasteiger partial charge in [-0.25, -0.2) is 4.98 Å². The normalized spacial score (nSPS) is 11.2. The molecule has 0 unspecified atom stereocenters. The Bertz CT molecular complexity index is 562. The molecule has 2 rings (SSSR count). The zero-order valence-corrected chi connectivity index (χ0v) is 12.8. The first-order valence-electron chi connectivity index (χ1n) is 5.42. The monoisotopic (exact) mass is 304 g/mol. The highest BCUT2D eigenvalue weighted by atomic mass is 35.5. The van der Waals surface area contributed by atoms with E-state index >= 15 is 0 Å². The second-order valence-corrected chi connectivity index (χ2v) is 5.56. The quantitative estimate of drug-likeness (QED) is 0.643. The number of aryl methyl sites for hydroxylation is 2. The first-order valence-corrected chi connectivity index (χ1v) is 7.31. The maximum atomic E-state index is 6.19. The fourth-order valence-electron chi connectivity index (χ4n) is 1.66. The minimum atomic E-state index is 0.469. The van der Waals surface area contributed by atoms with E-state index in [1.807, 2.05) is 25.6 Å². The molecule has 2 aromatic rings. The summed E-state index contributed by atoms with van der Waals surface area (Å²) in [4.78, 5) is 4.34. The van der Waals surface area contributed by atoms with Gasteiger partial charge in [-0.15, -0.1) is 11.6 Å². The van der Waals surface area contributed by atoms with E-state index in [-0.39, 0.29) is 0 Å². The third-order valence-electron chi connectivity index (χ3n) is 2.79. The van der Waals surface area contributed by atoms with Crippen molar-refractivity contribution in [1.82, 2.24) is 19.3 Å². The molecular formula is C11H14Cl2N4S. The molecule has 7 heteroatoms. The van der Waals surface area contributed by atoms with Gasteiger partial charge in [0, 0.05) is 25.4 Å². The number of nitrogens with zero attached hydrogens (tertiary/aromatic N) is 4. The molecule has 0 radical (unpaired) electrons. The SMILES string of the molecule is Cc1nn(C)c(Cl)c1CSc1ncc(CCl)n1C. The number of thioether (sulfide) groups is 1. The lowest BCUT2D eigenvalue weighted by Gasteiger charge is -2.03. The molecule has 0 atom stereocenters. The fraction of sp³-hybridized carbons (Fsp3) is 0.455. The average molecular weight is 305 g/mol. The summed E-state index contributed by atoms with van der Waals surface area (Å²) < 4.78 is 3.69. The van der Waals surface area contributed by atoms with Gasteiger partial charge in [-0.2, -0.15) is 5.10 Å². The topological polar surface area (TPSA) is 35.6 Å². The number of halogens is 2. The number of aromatic nitrogens is 4. The maximum Gasteiger partial charge on any atom is 0.168 e. The van der Waals surface area contributed by atoms with Crippen molar-refractivity contribution in [3.05, 3.63) is 28.3 Å². The number of rotatable bonds is 4. The summed E-state index contributed by atoms with van der Waals surface area (Å²) in [6.45, 7) is 1.96. The Kier molecular flexibility index (Phi) is 4.25. The molecule has 0 fully saturated rings. The van der Waals surface area contributed by atoms with Crippen LogP contribution in [0.25, 0.3) is 0 Å². The minimum absolute atomic E-state index is 0.469. The third kappa shape index (κ3) is 2.53. The molecule has 0 saturated heterocycles. The first kappa shape index (κ1) is 13.8. The standard InChI is InChI=1S/C11H14Cl2N4S/c1-7-9(10(13)17(3)15-7)6-18-11-14-5-8(4-12)16(11)2/h5H,4,6H2,1-3H3. The van der Waals surface area contributed by atoms with Crippen molar-refractivity contribution < 1.29 is 0 Å². The third-order valence-corrected chi connectivity index (χ3v) is 4.61. The van der Waals surface area contributed by atoms with Crippen LogP contribution in [0.1, 0.15) is 17.0 Å². The molecule has 0 aliphatic rings. The van der Waals surface area contributed by atoms with Gasteiger partial charge in [0.15, 0.2) is 5.16 Å². The molecule has 18 heavy (non-hydrogen) atoms. The van der Waals surface area contributed by atoms with Gasteiger partial charge >= 0.3 is 0 Å². The van der Waals surface area contributed by atoms with Gasteiger partial charge < -0.3 is 4.57 Å². The molecule has 0 N–H and O–H groups in total. The number of hydrogen-bond acceptors (Lipinski definition) is 3. The van der Waals surface area contributed by atoms with Crippen molar-refractivity contribution in [1.29, 1.82) is 0 Å². The van der Waals surface area contributed by atoms with E-state index in [2.05, 4.69) is 10.1 Å². The summed E-state index contributed by atoms with van der Waals surface area (Å²) in [7, 11) is 3.81. The molecule has 98 valence electrons. The van der Waals surface area contributed by atoms with Crippen molar-refractivity contribution in [3.8, 4) is 0 Å². The minimum Gasteiger partial charge on any atom is -0.325 e. The Morgan fingerprint density at radius 1 is 1.39 bits per heavy atom. The Morgan fingerprint density at radius 3 is 2.61 bits per heavy atom. The molecule has 0 bridgehead atoms. The zero-order valence-electron chi connectivity index (χ0n) is 10.4. The van der Waals surface area contributed by atoms with Crippen LogP contribution < -0.4 is 0 Å². The number of alkyl halides is 1. The fourth-order valence-corrected chi connectivity index (χ4v) is 3.28. The van der Waals surface area contributed by atoms with E-state index in [1.54, 1.807) is 22.6 Å². The highest BCUT2D eigenvalue weighted by Gasteiger charge is 2.13. The van der Waals surface area contributed by atoms with Crippen LogP contribution in [-0.4, -0.2) is 19.3 Å². The molecule has 4 nitrogen and oxygen atoms in total. The Morgan fingerprint density at radius 2 is 2.11 bits per heavy atom. The maximum absolute atomic E-state index is 6.19. The molecule has 0 saturated carbocycles. The molecule has 0 spiro atoms. The predicted molar refractivity (Wildman–Crippen MR) is 75.3 cm³/mol. The summed E-state index contributed by atoms with van der Waals surface area (Å²) in [6, 6.07) is 0. The Hall–Kier alpha value is -0.650. The summed E-state index contributed by atoms with van der Waals surface area (Å²) in [6.07, 6.45) is 1.80. The van der Waals surface area contributed by atoms with Crippen LogP contribution in [-0.2, 0) is 25.7 Å². The van der Waals surface area contributed by atoms with Gasteiger partial charge in [-0.05, 0) is 6.92 Å². The second-order valence-electron chi connectivity index (χ2n) is 3.99. The summed E-state index contributed by atoms with van der Waals surface area (Å²) in [5.74, 6) is 1.22. The van der Waals surface area contributed by atoms with Crippen molar-refractivity contribution in [2.24, 2.45) is 14.1 Å². The van der Waals surface area contributed by atoms with Gasteiger partial charge in [0.05, 0.1) is 23.5 Å². The van der Waals surface area contributed by atoms with Crippen LogP contribution in [0, 0.1) is 6.92 Å². The van der Waals surface area contributed by atoms with Gasteiger partial charge in [0.25, 0.3) is 0 Å². The van der Waals surface area contributed by atoms with Crippen LogP contribution in [0.15, 0.2) is 11.4 Å². The molecule has 0 amide bonds. The van der Waals surface area contributed by atoms with Crippen molar-refractivity contribution in [2.75, 3.05) is 0 Å². The molecule has 0 aromatic carbocycles. The second kappa shape index (κ2) is 5.55.